The first-order chi connectivity index (χ1) is 10.2. The predicted octanol–water partition coefficient (Wildman–Crippen LogP) is 3.54. The molecular formula is C16H15N3O2. The summed E-state index contributed by atoms with van der Waals surface area (Å²) in [7, 11) is 0. The van der Waals surface area contributed by atoms with Crippen molar-refractivity contribution in [2.24, 2.45) is 0 Å². The van der Waals surface area contributed by atoms with Gasteiger partial charge in [0.2, 0.25) is 0 Å². The van der Waals surface area contributed by atoms with Crippen molar-refractivity contribution < 1.29 is 9.53 Å². The fourth-order valence-electron chi connectivity index (χ4n) is 1.81. The Morgan fingerprint density at radius 2 is 2.00 bits per heavy atom. The van der Waals surface area contributed by atoms with Crippen LogP contribution in [0.2, 0.25) is 0 Å². The molecule has 21 heavy (non-hydrogen) atoms. The number of nitrogens with zero attached hydrogens (tertiary/aromatic N) is 1. The third-order valence-corrected chi connectivity index (χ3v) is 2.70. The minimum Gasteiger partial charge on any atom is -0.477 e. The van der Waals surface area contributed by atoms with Crippen LogP contribution < -0.4 is 15.4 Å². The summed E-state index contributed by atoms with van der Waals surface area (Å²) in [4.78, 5) is 12.0. The highest BCUT2D eigenvalue weighted by molar-refractivity contribution is 6.00. The first-order valence-electron chi connectivity index (χ1n) is 6.42. The molecule has 2 rings (SSSR count). The SMILES string of the molecule is Cc1cccc(NC(=O)Nc2ccccc2OCC#N)c1. The number of ether oxygens (including phenoxy) is 1. The van der Waals surface area contributed by atoms with Crippen LogP contribution in [0.15, 0.2) is 48.5 Å². The standard InChI is InChI=1S/C16H15N3O2/c1-12-5-4-6-13(11-12)18-16(20)19-14-7-2-3-8-15(14)21-10-9-17/h2-8,11H,10H2,1H3,(H2,18,19,20). The van der Waals surface area contributed by atoms with E-state index in [2.05, 4.69) is 10.6 Å². The number of carbonyl (C=O) groups excluding carboxylic acids is 1. The van der Waals surface area contributed by atoms with Crippen LogP contribution in [0.5, 0.6) is 5.75 Å². The number of benzene rings is 2. The monoisotopic (exact) mass is 281 g/mol. The van der Waals surface area contributed by atoms with Crippen LogP contribution in [0.1, 0.15) is 5.56 Å². The highest BCUT2D eigenvalue weighted by Gasteiger charge is 2.07. The van der Waals surface area contributed by atoms with Gasteiger partial charge in [0.15, 0.2) is 6.61 Å². The first-order valence-corrected chi connectivity index (χ1v) is 6.42. The summed E-state index contributed by atoms with van der Waals surface area (Å²) in [5.74, 6) is 0.457. The van der Waals surface area contributed by atoms with Crippen LogP contribution >= 0.6 is 0 Å². The molecule has 0 heterocycles. The molecule has 5 nitrogen and oxygen atoms in total. The van der Waals surface area contributed by atoms with E-state index in [1.54, 1.807) is 24.3 Å². The van der Waals surface area contributed by atoms with E-state index in [1.807, 2.05) is 37.3 Å². The fourth-order valence-corrected chi connectivity index (χ4v) is 1.81. The predicted molar refractivity (Wildman–Crippen MR) is 81.4 cm³/mol. The van der Waals surface area contributed by atoms with E-state index >= 15 is 0 Å². The second-order valence-corrected chi connectivity index (χ2v) is 4.39. The topological polar surface area (TPSA) is 74.2 Å². The van der Waals surface area contributed by atoms with Crippen LogP contribution in [-0.2, 0) is 0 Å². The van der Waals surface area contributed by atoms with Gasteiger partial charge in [-0.3, -0.25) is 0 Å². The van der Waals surface area contributed by atoms with Crippen LogP contribution in [-0.4, -0.2) is 12.6 Å². The molecule has 0 spiro atoms. The summed E-state index contributed by atoms with van der Waals surface area (Å²) in [5, 5.41) is 14.0. The summed E-state index contributed by atoms with van der Waals surface area (Å²) >= 11 is 0. The lowest BCUT2D eigenvalue weighted by molar-refractivity contribution is 0.262. The smallest absolute Gasteiger partial charge is 0.323 e. The first kappa shape index (κ1) is 14.4. The van der Waals surface area contributed by atoms with E-state index < -0.39 is 0 Å². The van der Waals surface area contributed by atoms with Crippen molar-refractivity contribution in [1.29, 1.82) is 5.26 Å². The number of rotatable bonds is 4. The number of hydrogen-bond acceptors (Lipinski definition) is 3. The number of hydrogen-bond donors (Lipinski definition) is 2. The number of amides is 2. The molecule has 0 radical (unpaired) electrons. The average Bonchev–Trinajstić information content (AvgIpc) is 2.46. The van der Waals surface area contributed by atoms with Crippen LogP contribution in [0.4, 0.5) is 16.2 Å². The van der Waals surface area contributed by atoms with Crippen molar-refractivity contribution >= 4 is 17.4 Å². The third kappa shape index (κ3) is 4.25. The molecule has 0 aliphatic rings. The molecule has 0 aliphatic heterocycles. The lowest BCUT2D eigenvalue weighted by atomic mass is 10.2. The quantitative estimate of drug-likeness (QED) is 0.900. The van der Waals surface area contributed by atoms with Crippen LogP contribution in [0.3, 0.4) is 0 Å². The minimum atomic E-state index is -0.367. The number of nitrogens with one attached hydrogen (secondary N) is 2. The van der Waals surface area contributed by atoms with Gasteiger partial charge in [0, 0.05) is 5.69 Å². The lowest BCUT2D eigenvalue weighted by Gasteiger charge is -2.11. The molecule has 2 aromatic rings. The zero-order valence-electron chi connectivity index (χ0n) is 11.6. The van der Waals surface area contributed by atoms with Gasteiger partial charge in [-0.1, -0.05) is 24.3 Å². The highest BCUT2D eigenvalue weighted by Crippen LogP contribution is 2.23. The van der Waals surface area contributed by atoms with Crippen molar-refractivity contribution in [1.82, 2.24) is 0 Å². The van der Waals surface area contributed by atoms with Crippen molar-refractivity contribution in [2.75, 3.05) is 17.2 Å². The molecule has 2 amide bonds. The second-order valence-electron chi connectivity index (χ2n) is 4.39. The Hall–Kier alpha value is -3.00. The molecular weight excluding hydrogens is 266 g/mol. The molecule has 0 saturated carbocycles. The van der Waals surface area contributed by atoms with Gasteiger partial charge in [-0.15, -0.1) is 0 Å². The summed E-state index contributed by atoms with van der Waals surface area (Å²) in [5.41, 5.74) is 2.28. The number of urea groups is 1. The number of para-hydroxylation sites is 2. The summed E-state index contributed by atoms with van der Waals surface area (Å²) < 4.78 is 5.25. The molecule has 2 N–H and O–H groups in total. The fraction of sp³-hybridized carbons (Fsp3) is 0.125. The van der Waals surface area contributed by atoms with Gasteiger partial charge in [0.1, 0.15) is 11.8 Å². The third-order valence-electron chi connectivity index (χ3n) is 2.70. The van der Waals surface area contributed by atoms with E-state index in [0.717, 1.165) is 5.56 Å². The number of carbonyl (C=O) groups is 1. The largest absolute Gasteiger partial charge is 0.477 e. The summed E-state index contributed by atoms with van der Waals surface area (Å²) in [6.07, 6.45) is 0. The summed E-state index contributed by atoms with van der Waals surface area (Å²) in [6, 6.07) is 16.0. The van der Waals surface area contributed by atoms with E-state index in [-0.39, 0.29) is 12.6 Å². The van der Waals surface area contributed by atoms with E-state index in [0.29, 0.717) is 17.1 Å². The Morgan fingerprint density at radius 1 is 1.19 bits per heavy atom. The van der Waals surface area contributed by atoms with E-state index in [4.69, 9.17) is 10.00 Å². The van der Waals surface area contributed by atoms with Crippen molar-refractivity contribution in [3.05, 3.63) is 54.1 Å². The van der Waals surface area contributed by atoms with Gasteiger partial charge >= 0.3 is 6.03 Å². The number of aryl methyl sites for hydroxylation is 1. The maximum Gasteiger partial charge on any atom is 0.323 e. The summed E-state index contributed by atoms with van der Waals surface area (Å²) in [6.45, 7) is 1.88. The molecule has 0 bridgehead atoms. The number of anilines is 2. The molecule has 0 aromatic heterocycles. The van der Waals surface area contributed by atoms with Gasteiger partial charge < -0.3 is 15.4 Å². The number of nitriles is 1. The normalized spacial score (nSPS) is 9.52. The lowest BCUT2D eigenvalue weighted by Crippen LogP contribution is -2.20. The molecule has 5 heteroatoms. The van der Waals surface area contributed by atoms with Crippen molar-refractivity contribution in [3.63, 3.8) is 0 Å². The van der Waals surface area contributed by atoms with E-state index in [9.17, 15) is 4.79 Å². The molecule has 2 aromatic carbocycles. The Balaban J connectivity index is 2.04. The zero-order chi connectivity index (χ0) is 15.1. The highest BCUT2D eigenvalue weighted by atomic mass is 16.5. The van der Waals surface area contributed by atoms with E-state index in [1.165, 1.54) is 0 Å². The van der Waals surface area contributed by atoms with Gasteiger partial charge in [0.05, 0.1) is 5.69 Å². The Morgan fingerprint density at radius 3 is 2.76 bits per heavy atom. The molecule has 0 fully saturated rings. The molecule has 0 atom stereocenters. The molecule has 0 aliphatic carbocycles. The minimum absolute atomic E-state index is 0.0712. The maximum absolute atomic E-state index is 12.0. The Bertz CT molecular complexity index is 677. The van der Waals surface area contributed by atoms with Crippen molar-refractivity contribution in [3.8, 4) is 11.8 Å². The molecule has 0 saturated heterocycles. The maximum atomic E-state index is 12.0. The molecule has 106 valence electrons. The molecule has 0 unspecified atom stereocenters. The zero-order valence-corrected chi connectivity index (χ0v) is 11.6. The average molecular weight is 281 g/mol. The van der Waals surface area contributed by atoms with Crippen molar-refractivity contribution in [2.45, 2.75) is 6.92 Å². The second kappa shape index (κ2) is 6.96. The Kier molecular flexibility index (Phi) is 4.78. The van der Waals surface area contributed by atoms with Gasteiger partial charge in [-0.25, -0.2) is 4.79 Å². The van der Waals surface area contributed by atoms with Gasteiger partial charge in [-0.2, -0.15) is 5.26 Å². The van der Waals surface area contributed by atoms with Gasteiger partial charge in [0.25, 0.3) is 0 Å². The van der Waals surface area contributed by atoms with Crippen LogP contribution in [0.25, 0.3) is 0 Å². The van der Waals surface area contributed by atoms with Crippen LogP contribution in [0, 0.1) is 18.3 Å². The Labute approximate surface area is 123 Å². The van der Waals surface area contributed by atoms with Gasteiger partial charge in [-0.05, 0) is 36.8 Å².